The standard InChI is InChI=1S/C13H15NO5S/c1-13(2)12(17)14(20(13,18)19)8-10-5-3-9(4-6-10)7-11(15)16/h3-6H,7-8H2,1-2H3,(H,15,16). The third-order valence-corrected chi connectivity index (χ3v) is 5.72. The minimum atomic E-state index is -3.59. The molecule has 0 radical (unpaired) electrons. The first-order valence-electron chi connectivity index (χ1n) is 6.02. The van der Waals surface area contributed by atoms with Gasteiger partial charge in [-0.2, -0.15) is 0 Å². The van der Waals surface area contributed by atoms with Gasteiger partial charge in [-0.05, 0) is 25.0 Å². The van der Waals surface area contributed by atoms with Crippen LogP contribution in [0.1, 0.15) is 25.0 Å². The fourth-order valence-electron chi connectivity index (χ4n) is 2.02. The van der Waals surface area contributed by atoms with E-state index in [0.29, 0.717) is 11.1 Å². The lowest BCUT2D eigenvalue weighted by Gasteiger charge is -2.43. The van der Waals surface area contributed by atoms with E-state index in [9.17, 15) is 18.0 Å². The normalized spacial score (nSPS) is 19.5. The van der Waals surface area contributed by atoms with E-state index < -0.39 is 26.6 Å². The summed E-state index contributed by atoms with van der Waals surface area (Å²) in [5.41, 5.74) is 1.27. The average Bonchev–Trinajstić information content (AvgIpc) is 2.36. The minimum absolute atomic E-state index is 0.0159. The molecule has 1 N–H and O–H groups in total. The van der Waals surface area contributed by atoms with Crippen molar-refractivity contribution in [1.82, 2.24) is 4.31 Å². The van der Waals surface area contributed by atoms with Gasteiger partial charge in [0, 0.05) is 0 Å². The summed E-state index contributed by atoms with van der Waals surface area (Å²) in [4.78, 5) is 22.3. The summed E-state index contributed by atoms with van der Waals surface area (Å²) >= 11 is 0. The number of carboxylic acid groups (broad SMARTS) is 1. The van der Waals surface area contributed by atoms with Crippen molar-refractivity contribution in [2.75, 3.05) is 0 Å². The Bertz CT molecular complexity index is 661. The lowest BCUT2D eigenvalue weighted by atomic mass is 10.1. The number of carbonyl (C=O) groups is 2. The SMILES string of the molecule is CC1(C)C(=O)N(Cc2ccc(CC(=O)O)cc2)S1(=O)=O. The van der Waals surface area contributed by atoms with Crippen molar-refractivity contribution in [2.45, 2.75) is 31.6 Å². The number of amides is 1. The van der Waals surface area contributed by atoms with Crippen LogP contribution >= 0.6 is 0 Å². The van der Waals surface area contributed by atoms with Gasteiger partial charge in [-0.25, -0.2) is 12.7 Å². The Kier molecular flexibility index (Phi) is 3.33. The van der Waals surface area contributed by atoms with Crippen LogP contribution in [0.4, 0.5) is 0 Å². The Labute approximate surface area is 117 Å². The highest BCUT2D eigenvalue weighted by atomic mass is 32.2. The lowest BCUT2D eigenvalue weighted by molar-refractivity contribution is -0.136. The number of sulfonamides is 1. The van der Waals surface area contributed by atoms with Gasteiger partial charge in [0.1, 0.15) is 0 Å². The zero-order valence-electron chi connectivity index (χ0n) is 11.2. The van der Waals surface area contributed by atoms with Gasteiger partial charge in [0.05, 0.1) is 13.0 Å². The molecule has 0 saturated carbocycles. The Balaban J connectivity index is 2.12. The van der Waals surface area contributed by atoms with Crippen LogP contribution in [0.3, 0.4) is 0 Å². The van der Waals surface area contributed by atoms with E-state index in [2.05, 4.69) is 0 Å². The molecule has 0 aliphatic carbocycles. The quantitative estimate of drug-likeness (QED) is 0.886. The molecule has 1 saturated heterocycles. The van der Waals surface area contributed by atoms with E-state index in [-0.39, 0.29) is 13.0 Å². The topological polar surface area (TPSA) is 91.8 Å². The first-order valence-corrected chi connectivity index (χ1v) is 7.46. The molecule has 1 amide bonds. The van der Waals surface area contributed by atoms with E-state index in [0.717, 1.165) is 4.31 Å². The van der Waals surface area contributed by atoms with Crippen molar-refractivity contribution in [2.24, 2.45) is 0 Å². The van der Waals surface area contributed by atoms with Gasteiger partial charge >= 0.3 is 5.97 Å². The molecule has 0 bridgehead atoms. The molecule has 0 atom stereocenters. The van der Waals surface area contributed by atoms with Crippen LogP contribution in [0, 0.1) is 0 Å². The Morgan fingerprint density at radius 1 is 1.20 bits per heavy atom. The number of carbonyl (C=O) groups excluding carboxylic acids is 1. The molecule has 1 aliphatic rings. The monoisotopic (exact) mass is 297 g/mol. The van der Waals surface area contributed by atoms with Crippen molar-refractivity contribution >= 4 is 21.9 Å². The number of aliphatic carboxylic acids is 1. The van der Waals surface area contributed by atoms with E-state index in [1.54, 1.807) is 24.3 Å². The maximum Gasteiger partial charge on any atom is 0.307 e. The molecule has 2 rings (SSSR count). The maximum atomic E-state index is 11.9. The van der Waals surface area contributed by atoms with Gasteiger partial charge in [-0.1, -0.05) is 24.3 Å². The minimum Gasteiger partial charge on any atom is -0.481 e. The average molecular weight is 297 g/mol. The van der Waals surface area contributed by atoms with Crippen molar-refractivity contribution in [3.05, 3.63) is 35.4 Å². The van der Waals surface area contributed by atoms with Crippen LogP contribution < -0.4 is 0 Å². The van der Waals surface area contributed by atoms with Gasteiger partial charge in [0.25, 0.3) is 15.9 Å². The van der Waals surface area contributed by atoms with Gasteiger partial charge in [-0.3, -0.25) is 9.59 Å². The lowest BCUT2D eigenvalue weighted by Crippen LogP contribution is -2.66. The maximum absolute atomic E-state index is 11.9. The van der Waals surface area contributed by atoms with E-state index in [1.807, 2.05) is 0 Å². The van der Waals surface area contributed by atoms with Gasteiger partial charge in [-0.15, -0.1) is 0 Å². The molecule has 20 heavy (non-hydrogen) atoms. The number of hydrogen-bond donors (Lipinski definition) is 1. The fourth-order valence-corrected chi connectivity index (χ4v) is 3.53. The number of nitrogens with zero attached hydrogens (tertiary/aromatic N) is 1. The van der Waals surface area contributed by atoms with Crippen LogP contribution in [-0.4, -0.2) is 34.5 Å². The summed E-state index contributed by atoms with van der Waals surface area (Å²) in [6.45, 7) is 2.76. The summed E-state index contributed by atoms with van der Waals surface area (Å²) in [6, 6.07) is 6.50. The van der Waals surface area contributed by atoms with E-state index in [1.165, 1.54) is 13.8 Å². The molecular formula is C13H15NO5S. The molecule has 1 aromatic rings. The Morgan fingerprint density at radius 3 is 2.15 bits per heavy atom. The number of rotatable bonds is 4. The highest BCUT2D eigenvalue weighted by Gasteiger charge is 2.59. The van der Waals surface area contributed by atoms with Crippen LogP contribution in [0.15, 0.2) is 24.3 Å². The molecule has 7 heteroatoms. The molecule has 1 fully saturated rings. The second-order valence-electron chi connectivity index (χ2n) is 5.21. The predicted octanol–water partition coefficient (Wildman–Crippen LogP) is 0.764. The van der Waals surface area contributed by atoms with Gasteiger partial charge in [0.2, 0.25) is 0 Å². The van der Waals surface area contributed by atoms with Crippen molar-refractivity contribution < 1.29 is 23.1 Å². The Hall–Kier alpha value is -1.89. The van der Waals surface area contributed by atoms with Crippen LogP contribution in [0.5, 0.6) is 0 Å². The third kappa shape index (κ3) is 2.18. The molecule has 6 nitrogen and oxygen atoms in total. The second kappa shape index (κ2) is 4.59. The Morgan fingerprint density at radius 2 is 1.70 bits per heavy atom. The first kappa shape index (κ1) is 14.5. The van der Waals surface area contributed by atoms with Crippen molar-refractivity contribution in [3.8, 4) is 0 Å². The molecule has 1 heterocycles. The first-order chi connectivity index (χ1) is 9.16. The molecule has 1 aromatic carbocycles. The number of carboxylic acids is 1. The second-order valence-corrected chi connectivity index (χ2v) is 7.63. The molecule has 108 valence electrons. The smallest absolute Gasteiger partial charge is 0.307 e. The third-order valence-electron chi connectivity index (χ3n) is 3.38. The predicted molar refractivity (Wildman–Crippen MR) is 71.3 cm³/mol. The molecule has 0 unspecified atom stereocenters. The molecule has 0 spiro atoms. The van der Waals surface area contributed by atoms with Crippen LogP contribution in [0.25, 0.3) is 0 Å². The zero-order chi connectivity index (χ0) is 15.1. The number of hydrogen-bond acceptors (Lipinski definition) is 4. The highest BCUT2D eigenvalue weighted by molar-refractivity contribution is 7.94. The molecular weight excluding hydrogens is 282 g/mol. The zero-order valence-corrected chi connectivity index (χ0v) is 12.0. The summed E-state index contributed by atoms with van der Waals surface area (Å²) in [7, 11) is -3.59. The number of benzene rings is 1. The van der Waals surface area contributed by atoms with Crippen molar-refractivity contribution in [1.29, 1.82) is 0 Å². The van der Waals surface area contributed by atoms with Crippen LogP contribution in [-0.2, 0) is 32.6 Å². The van der Waals surface area contributed by atoms with Gasteiger partial charge in [0.15, 0.2) is 4.75 Å². The van der Waals surface area contributed by atoms with Gasteiger partial charge < -0.3 is 5.11 Å². The van der Waals surface area contributed by atoms with E-state index >= 15 is 0 Å². The largest absolute Gasteiger partial charge is 0.481 e. The van der Waals surface area contributed by atoms with Crippen molar-refractivity contribution in [3.63, 3.8) is 0 Å². The summed E-state index contributed by atoms with van der Waals surface area (Å²) in [6.07, 6.45) is -0.0890. The summed E-state index contributed by atoms with van der Waals surface area (Å²) in [5, 5.41) is 8.66. The molecule has 0 aromatic heterocycles. The van der Waals surface area contributed by atoms with E-state index in [4.69, 9.17) is 5.11 Å². The fraction of sp³-hybridized carbons (Fsp3) is 0.385. The molecule has 1 aliphatic heterocycles. The summed E-state index contributed by atoms with van der Waals surface area (Å²) in [5.74, 6) is -1.35. The van der Waals surface area contributed by atoms with Crippen LogP contribution in [0.2, 0.25) is 0 Å². The summed E-state index contributed by atoms with van der Waals surface area (Å²) < 4.78 is 23.3. The highest BCUT2D eigenvalue weighted by Crippen LogP contribution is 2.35.